The number of likely N-dealkylation sites (N-methyl/N-ethyl adjacent to an activating group) is 2. The number of anilines is 1. The van der Waals surface area contributed by atoms with Crippen LogP contribution in [0.2, 0.25) is 0 Å². The Kier molecular flexibility index (Phi) is 5.59. The molecule has 1 aliphatic rings. The SMILES string of the molecule is CCCNCc1cccc(N(C)CC2(N(C)C)CCC2)n1. The predicted octanol–water partition coefficient (Wildman–Crippen LogP) is 2.50. The number of nitrogens with zero attached hydrogens (tertiary/aromatic N) is 3. The molecule has 0 saturated heterocycles. The highest BCUT2D eigenvalue weighted by molar-refractivity contribution is 5.39. The van der Waals surface area contributed by atoms with Gasteiger partial charge in [-0.25, -0.2) is 4.98 Å². The number of hydrogen-bond donors (Lipinski definition) is 1. The van der Waals surface area contributed by atoms with Crippen LogP contribution in [0.15, 0.2) is 18.2 Å². The van der Waals surface area contributed by atoms with Gasteiger partial charge in [0.1, 0.15) is 5.82 Å². The lowest BCUT2D eigenvalue weighted by Gasteiger charge is -2.49. The van der Waals surface area contributed by atoms with E-state index in [1.165, 1.54) is 19.3 Å². The fourth-order valence-electron chi connectivity index (χ4n) is 3.03. The highest BCUT2D eigenvalue weighted by Crippen LogP contribution is 2.37. The number of rotatable bonds is 8. The predicted molar refractivity (Wildman–Crippen MR) is 89.8 cm³/mol. The average Bonchev–Trinajstić information content (AvgIpc) is 2.43. The third-order valence-electron chi connectivity index (χ3n) is 4.68. The molecule has 2 rings (SSSR count). The molecule has 1 aromatic rings. The van der Waals surface area contributed by atoms with E-state index in [4.69, 9.17) is 4.98 Å². The monoisotopic (exact) mass is 290 g/mol. The Bertz CT molecular complexity index is 440. The van der Waals surface area contributed by atoms with E-state index >= 15 is 0 Å². The molecule has 0 bridgehead atoms. The van der Waals surface area contributed by atoms with Crippen molar-refractivity contribution < 1.29 is 0 Å². The van der Waals surface area contributed by atoms with E-state index in [-0.39, 0.29) is 0 Å². The minimum absolute atomic E-state index is 0.340. The van der Waals surface area contributed by atoms with Crippen LogP contribution in [0.4, 0.5) is 5.82 Å². The van der Waals surface area contributed by atoms with E-state index in [0.29, 0.717) is 5.54 Å². The first-order valence-corrected chi connectivity index (χ1v) is 8.12. The Morgan fingerprint density at radius 1 is 1.24 bits per heavy atom. The van der Waals surface area contributed by atoms with E-state index < -0.39 is 0 Å². The molecule has 0 aromatic carbocycles. The Labute approximate surface area is 129 Å². The Morgan fingerprint density at radius 3 is 2.57 bits per heavy atom. The molecule has 4 heteroatoms. The molecular weight excluding hydrogens is 260 g/mol. The van der Waals surface area contributed by atoms with Crippen LogP contribution in [0.5, 0.6) is 0 Å². The normalized spacial score (nSPS) is 16.8. The van der Waals surface area contributed by atoms with Gasteiger partial charge in [0.15, 0.2) is 0 Å². The summed E-state index contributed by atoms with van der Waals surface area (Å²) in [6.45, 7) is 5.14. The third-order valence-corrected chi connectivity index (χ3v) is 4.68. The van der Waals surface area contributed by atoms with Crippen molar-refractivity contribution in [2.24, 2.45) is 0 Å². The van der Waals surface area contributed by atoms with Gasteiger partial charge in [0, 0.05) is 25.7 Å². The van der Waals surface area contributed by atoms with Crippen molar-refractivity contribution in [3.63, 3.8) is 0 Å². The third kappa shape index (κ3) is 3.95. The Hall–Kier alpha value is -1.13. The number of pyridine rings is 1. The lowest BCUT2D eigenvalue weighted by atomic mass is 9.75. The van der Waals surface area contributed by atoms with Crippen LogP contribution in [0.1, 0.15) is 38.3 Å². The van der Waals surface area contributed by atoms with Gasteiger partial charge in [-0.2, -0.15) is 0 Å². The molecule has 0 unspecified atom stereocenters. The van der Waals surface area contributed by atoms with Crippen molar-refractivity contribution in [1.82, 2.24) is 15.2 Å². The second-order valence-corrected chi connectivity index (χ2v) is 6.49. The summed E-state index contributed by atoms with van der Waals surface area (Å²) in [6.07, 6.45) is 5.09. The summed E-state index contributed by atoms with van der Waals surface area (Å²) in [6, 6.07) is 6.33. The fourth-order valence-corrected chi connectivity index (χ4v) is 3.03. The van der Waals surface area contributed by atoms with E-state index in [0.717, 1.165) is 37.6 Å². The first-order valence-electron chi connectivity index (χ1n) is 8.12. The lowest BCUT2D eigenvalue weighted by molar-refractivity contribution is 0.0682. The summed E-state index contributed by atoms with van der Waals surface area (Å²) in [5, 5.41) is 3.42. The summed E-state index contributed by atoms with van der Waals surface area (Å²) in [4.78, 5) is 9.49. The summed E-state index contributed by atoms with van der Waals surface area (Å²) >= 11 is 0. The topological polar surface area (TPSA) is 31.4 Å². The zero-order valence-electron chi connectivity index (χ0n) is 14.0. The maximum absolute atomic E-state index is 4.79. The van der Waals surface area contributed by atoms with E-state index in [9.17, 15) is 0 Å². The van der Waals surface area contributed by atoms with Crippen LogP contribution >= 0.6 is 0 Å². The first kappa shape index (κ1) is 16.2. The van der Waals surface area contributed by atoms with Crippen LogP contribution in [-0.4, -0.2) is 49.7 Å². The van der Waals surface area contributed by atoms with Crippen molar-refractivity contribution in [3.05, 3.63) is 23.9 Å². The van der Waals surface area contributed by atoms with Crippen molar-refractivity contribution in [2.45, 2.75) is 44.7 Å². The molecule has 21 heavy (non-hydrogen) atoms. The molecule has 0 aliphatic heterocycles. The second-order valence-electron chi connectivity index (χ2n) is 6.49. The number of nitrogens with one attached hydrogen (secondary N) is 1. The van der Waals surface area contributed by atoms with Gasteiger partial charge in [-0.1, -0.05) is 13.0 Å². The van der Waals surface area contributed by atoms with Crippen molar-refractivity contribution in [2.75, 3.05) is 39.1 Å². The van der Waals surface area contributed by atoms with Gasteiger partial charge in [0.2, 0.25) is 0 Å². The van der Waals surface area contributed by atoms with Crippen LogP contribution < -0.4 is 10.2 Å². The van der Waals surface area contributed by atoms with Crippen molar-refractivity contribution >= 4 is 5.82 Å². The van der Waals surface area contributed by atoms with E-state index in [2.05, 4.69) is 61.4 Å². The smallest absolute Gasteiger partial charge is 0.128 e. The van der Waals surface area contributed by atoms with Crippen LogP contribution in [0.3, 0.4) is 0 Å². The van der Waals surface area contributed by atoms with E-state index in [1.807, 2.05) is 0 Å². The minimum Gasteiger partial charge on any atom is -0.358 e. The summed E-state index contributed by atoms with van der Waals surface area (Å²) in [5.74, 6) is 1.08. The first-order chi connectivity index (χ1) is 10.1. The summed E-state index contributed by atoms with van der Waals surface area (Å²) in [7, 11) is 6.56. The molecule has 0 radical (unpaired) electrons. The fraction of sp³-hybridized carbons (Fsp3) is 0.706. The van der Waals surface area contributed by atoms with Crippen LogP contribution in [-0.2, 0) is 6.54 Å². The van der Waals surface area contributed by atoms with E-state index in [1.54, 1.807) is 0 Å². The minimum atomic E-state index is 0.340. The Balaban J connectivity index is 1.98. The molecule has 0 amide bonds. The van der Waals surface area contributed by atoms with Crippen LogP contribution in [0.25, 0.3) is 0 Å². The quantitative estimate of drug-likeness (QED) is 0.746. The molecule has 1 aromatic heterocycles. The van der Waals surface area contributed by atoms with Gasteiger partial charge < -0.3 is 15.1 Å². The zero-order valence-corrected chi connectivity index (χ0v) is 14.0. The molecule has 0 spiro atoms. The van der Waals surface area contributed by atoms with Gasteiger partial charge in [-0.3, -0.25) is 0 Å². The van der Waals surface area contributed by atoms with Gasteiger partial charge in [0.25, 0.3) is 0 Å². The lowest BCUT2D eigenvalue weighted by Crippen LogP contribution is -2.56. The maximum Gasteiger partial charge on any atom is 0.128 e. The molecule has 1 saturated carbocycles. The number of hydrogen-bond acceptors (Lipinski definition) is 4. The highest BCUT2D eigenvalue weighted by atomic mass is 15.2. The average molecular weight is 290 g/mol. The Morgan fingerprint density at radius 2 is 2.00 bits per heavy atom. The van der Waals surface area contributed by atoms with Crippen LogP contribution in [0, 0.1) is 0 Å². The highest BCUT2D eigenvalue weighted by Gasteiger charge is 2.40. The van der Waals surface area contributed by atoms with Crippen molar-refractivity contribution in [1.29, 1.82) is 0 Å². The molecule has 1 fully saturated rings. The molecule has 0 atom stereocenters. The summed E-state index contributed by atoms with van der Waals surface area (Å²) < 4.78 is 0. The molecule has 4 nitrogen and oxygen atoms in total. The molecular formula is C17H30N4. The largest absolute Gasteiger partial charge is 0.358 e. The van der Waals surface area contributed by atoms with Gasteiger partial charge in [-0.05, 0) is 58.5 Å². The van der Waals surface area contributed by atoms with Gasteiger partial charge >= 0.3 is 0 Å². The summed E-state index contributed by atoms with van der Waals surface area (Å²) in [5.41, 5.74) is 1.47. The van der Waals surface area contributed by atoms with Gasteiger partial charge in [0.05, 0.1) is 5.69 Å². The van der Waals surface area contributed by atoms with Gasteiger partial charge in [-0.15, -0.1) is 0 Å². The maximum atomic E-state index is 4.79. The molecule has 1 heterocycles. The number of aromatic nitrogens is 1. The molecule has 1 aliphatic carbocycles. The standard InChI is InChI=1S/C17H30N4/c1-5-12-18-13-15-8-6-9-16(19-15)21(4)14-17(20(2)3)10-7-11-17/h6,8-9,18H,5,7,10-14H2,1-4H3. The second kappa shape index (κ2) is 7.23. The zero-order chi connectivity index (χ0) is 15.3. The van der Waals surface area contributed by atoms with Crippen molar-refractivity contribution in [3.8, 4) is 0 Å². The molecule has 118 valence electrons. The molecule has 1 N–H and O–H groups in total.